The number of ether oxygens (including phenoxy) is 2. The van der Waals surface area contributed by atoms with Gasteiger partial charge in [0.25, 0.3) is 5.56 Å². The minimum atomic E-state index is -1.52. The minimum Gasteiger partial charge on any atom is -0.394 e. The molecule has 192 valence electrons. The molecule has 35 heavy (non-hydrogen) atoms. The van der Waals surface area contributed by atoms with E-state index in [-0.39, 0.29) is 17.7 Å². The molecule has 2 aliphatic rings. The molecule has 2 aliphatic heterocycles. The Morgan fingerprint density at radius 2 is 1.86 bits per heavy atom. The summed E-state index contributed by atoms with van der Waals surface area (Å²) in [6.45, 7) is 0.117. The quantitative estimate of drug-likeness (QED) is 0.200. The summed E-state index contributed by atoms with van der Waals surface area (Å²) in [5.74, 6) is -0.527. The zero-order valence-corrected chi connectivity index (χ0v) is 18.5. The normalized spacial score (nSPS) is 33.1. The van der Waals surface area contributed by atoms with Crippen molar-refractivity contribution in [3.05, 3.63) is 33.2 Å². The molecular formula is C19H26N6O10. The Balaban J connectivity index is 1.67. The van der Waals surface area contributed by atoms with Gasteiger partial charge >= 0.3 is 5.69 Å². The first-order valence-electron chi connectivity index (χ1n) is 10.8. The SMILES string of the molecule is CC(=O)N[C@@H]1[C@@H](O)[C@H](O)[C@@H](CO)O[C@H]1n1cc(-c2cn([C@H]3C[C@H](O)[C@@H](CO)O3)c(=O)[nH]c2=O)nn1. The number of hydrogen-bond donors (Lipinski definition) is 7. The van der Waals surface area contributed by atoms with Crippen molar-refractivity contribution < 1.29 is 39.8 Å². The minimum absolute atomic E-state index is 0.000377. The highest BCUT2D eigenvalue weighted by atomic mass is 16.5. The zero-order valence-electron chi connectivity index (χ0n) is 18.5. The van der Waals surface area contributed by atoms with Crippen LogP contribution in [0.4, 0.5) is 0 Å². The summed E-state index contributed by atoms with van der Waals surface area (Å²) >= 11 is 0. The van der Waals surface area contributed by atoms with Crippen molar-refractivity contribution in [1.82, 2.24) is 29.9 Å². The van der Waals surface area contributed by atoms with Crippen LogP contribution in [0.15, 0.2) is 22.0 Å². The summed E-state index contributed by atoms with van der Waals surface area (Å²) < 4.78 is 13.3. The lowest BCUT2D eigenvalue weighted by Gasteiger charge is -2.42. The highest BCUT2D eigenvalue weighted by Crippen LogP contribution is 2.30. The number of aliphatic hydroxyl groups is 5. The Morgan fingerprint density at radius 3 is 2.49 bits per heavy atom. The number of aromatic nitrogens is 5. The lowest BCUT2D eigenvalue weighted by Crippen LogP contribution is -2.62. The van der Waals surface area contributed by atoms with Crippen LogP contribution in [0.1, 0.15) is 25.8 Å². The molecule has 0 saturated carbocycles. The second kappa shape index (κ2) is 9.94. The number of carbonyl (C=O) groups excluding carboxylic acids is 1. The Bertz CT molecular complexity index is 1180. The van der Waals surface area contributed by atoms with E-state index < -0.39 is 79.4 Å². The van der Waals surface area contributed by atoms with Crippen LogP contribution in [0, 0.1) is 0 Å². The lowest BCUT2D eigenvalue weighted by atomic mass is 9.96. The molecule has 0 unspecified atom stereocenters. The third-order valence-corrected chi connectivity index (χ3v) is 5.98. The van der Waals surface area contributed by atoms with E-state index in [0.29, 0.717) is 0 Å². The molecular weight excluding hydrogens is 472 g/mol. The summed E-state index contributed by atoms with van der Waals surface area (Å²) in [6.07, 6.45) is -5.82. The first-order chi connectivity index (χ1) is 16.6. The van der Waals surface area contributed by atoms with E-state index in [1.165, 1.54) is 19.3 Å². The Kier molecular flexibility index (Phi) is 7.13. The summed E-state index contributed by atoms with van der Waals surface area (Å²) in [4.78, 5) is 38.7. The summed E-state index contributed by atoms with van der Waals surface area (Å²) in [7, 11) is 0. The number of hydrogen-bond acceptors (Lipinski definition) is 12. The molecule has 8 atom stereocenters. The van der Waals surface area contributed by atoms with Gasteiger partial charge in [-0.15, -0.1) is 5.10 Å². The average molecular weight is 498 g/mol. The highest BCUT2D eigenvalue weighted by molar-refractivity contribution is 5.73. The van der Waals surface area contributed by atoms with E-state index in [1.807, 2.05) is 0 Å². The molecule has 16 nitrogen and oxygen atoms in total. The number of amides is 1. The van der Waals surface area contributed by atoms with Crippen LogP contribution < -0.4 is 16.6 Å². The topological polar surface area (TPSA) is 234 Å². The number of carbonyl (C=O) groups is 1. The molecule has 0 bridgehead atoms. The van der Waals surface area contributed by atoms with Crippen molar-refractivity contribution in [3.63, 3.8) is 0 Å². The van der Waals surface area contributed by atoms with Crippen molar-refractivity contribution in [3.8, 4) is 11.3 Å². The summed E-state index contributed by atoms with van der Waals surface area (Å²) in [5, 5.41) is 59.7. The maximum Gasteiger partial charge on any atom is 0.330 e. The average Bonchev–Trinajstić information content (AvgIpc) is 3.44. The van der Waals surface area contributed by atoms with E-state index >= 15 is 0 Å². The van der Waals surface area contributed by atoms with Gasteiger partial charge in [-0.1, -0.05) is 5.21 Å². The number of aromatic amines is 1. The van der Waals surface area contributed by atoms with E-state index in [9.17, 15) is 39.9 Å². The fourth-order valence-electron chi connectivity index (χ4n) is 4.17. The molecule has 0 aliphatic carbocycles. The predicted molar refractivity (Wildman–Crippen MR) is 113 cm³/mol. The molecule has 0 aromatic carbocycles. The largest absolute Gasteiger partial charge is 0.394 e. The fourth-order valence-corrected chi connectivity index (χ4v) is 4.17. The smallest absolute Gasteiger partial charge is 0.330 e. The summed E-state index contributed by atoms with van der Waals surface area (Å²) in [6, 6.07) is -1.17. The van der Waals surface area contributed by atoms with Crippen LogP contribution in [-0.4, -0.2) is 106 Å². The van der Waals surface area contributed by atoms with Crippen LogP contribution in [0.2, 0.25) is 0 Å². The van der Waals surface area contributed by atoms with Gasteiger partial charge in [-0.05, 0) is 0 Å². The van der Waals surface area contributed by atoms with E-state index in [0.717, 1.165) is 9.25 Å². The van der Waals surface area contributed by atoms with Gasteiger partial charge in [0, 0.05) is 19.5 Å². The number of H-pyrrole nitrogens is 1. The van der Waals surface area contributed by atoms with Crippen molar-refractivity contribution in [1.29, 1.82) is 0 Å². The molecule has 0 spiro atoms. The first-order valence-corrected chi connectivity index (χ1v) is 10.8. The van der Waals surface area contributed by atoms with Crippen LogP contribution in [-0.2, 0) is 14.3 Å². The molecule has 2 saturated heterocycles. The number of nitrogens with one attached hydrogen (secondary N) is 2. The highest BCUT2D eigenvalue weighted by Gasteiger charge is 2.46. The second-order valence-electron chi connectivity index (χ2n) is 8.36. The maximum absolute atomic E-state index is 12.5. The van der Waals surface area contributed by atoms with Gasteiger partial charge in [0.2, 0.25) is 5.91 Å². The Labute approximate surface area is 196 Å². The summed E-state index contributed by atoms with van der Waals surface area (Å²) in [5.41, 5.74) is -1.69. The standard InChI is InChI=1S/C19H26N6O10/c1-7(28)20-14-16(31)15(30)12(6-27)35-18(14)25-4-9(22-23-25)8-3-24(19(33)21-17(8)32)13-2-10(29)11(5-26)34-13/h3-4,10-16,18,26-27,29-31H,2,5-6H2,1H3,(H,20,28)(H,21,32,33)/t10-,11+,12+,13+,14+,15+,16+,18+/m0/s1. The molecule has 16 heteroatoms. The number of nitrogens with zero attached hydrogens (tertiary/aromatic N) is 4. The van der Waals surface area contributed by atoms with Crippen LogP contribution in [0.5, 0.6) is 0 Å². The van der Waals surface area contributed by atoms with Gasteiger partial charge in [-0.25, -0.2) is 9.48 Å². The van der Waals surface area contributed by atoms with E-state index in [2.05, 4.69) is 20.6 Å². The monoisotopic (exact) mass is 498 g/mol. The van der Waals surface area contributed by atoms with Crippen LogP contribution >= 0.6 is 0 Å². The molecule has 4 rings (SSSR count). The van der Waals surface area contributed by atoms with Gasteiger partial charge in [-0.3, -0.25) is 19.1 Å². The van der Waals surface area contributed by atoms with Crippen LogP contribution in [0.3, 0.4) is 0 Å². The van der Waals surface area contributed by atoms with Gasteiger partial charge in [0.15, 0.2) is 6.23 Å². The predicted octanol–water partition coefficient (Wildman–Crippen LogP) is -4.45. The van der Waals surface area contributed by atoms with E-state index in [1.54, 1.807) is 0 Å². The third-order valence-electron chi connectivity index (χ3n) is 5.98. The first kappa shape index (κ1) is 25.1. The maximum atomic E-state index is 12.5. The van der Waals surface area contributed by atoms with Crippen molar-refractivity contribution in [2.45, 2.75) is 62.4 Å². The van der Waals surface area contributed by atoms with Gasteiger partial charge < -0.3 is 40.3 Å². The van der Waals surface area contributed by atoms with E-state index in [4.69, 9.17) is 9.47 Å². The molecule has 2 aromatic rings. The van der Waals surface area contributed by atoms with Crippen molar-refractivity contribution in [2.24, 2.45) is 0 Å². The molecule has 4 heterocycles. The lowest BCUT2D eigenvalue weighted by molar-refractivity contribution is -0.219. The fraction of sp³-hybridized carbons (Fsp3) is 0.632. The third kappa shape index (κ3) is 4.76. The molecule has 1 amide bonds. The van der Waals surface area contributed by atoms with Crippen molar-refractivity contribution in [2.75, 3.05) is 13.2 Å². The molecule has 0 radical (unpaired) electrons. The van der Waals surface area contributed by atoms with Gasteiger partial charge in [0.1, 0.15) is 42.4 Å². The van der Waals surface area contributed by atoms with Gasteiger partial charge in [-0.2, -0.15) is 0 Å². The molecule has 2 fully saturated rings. The zero-order chi connectivity index (χ0) is 25.4. The number of aliphatic hydroxyl groups excluding tert-OH is 5. The molecule has 2 aromatic heterocycles. The second-order valence-corrected chi connectivity index (χ2v) is 8.36. The van der Waals surface area contributed by atoms with Gasteiger partial charge in [0.05, 0.1) is 31.1 Å². The Morgan fingerprint density at radius 1 is 1.14 bits per heavy atom. The molecule has 7 N–H and O–H groups in total. The Hall–Kier alpha value is -2.99. The number of rotatable bonds is 6. The van der Waals surface area contributed by atoms with Crippen molar-refractivity contribution >= 4 is 5.91 Å². The van der Waals surface area contributed by atoms with Crippen LogP contribution in [0.25, 0.3) is 11.3 Å².